The molecular weight excluding hydrogens is 240 g/mol. The number of nitrogens with zero attached hydrogens (tertiary/aromatic N) is 2. The normalized spacial score (nSPS) is 18.1. The van der Waals surface area contributed by atoms with Crippen LogP contribution in [0.4, 0.5) is 0 Å². The number of amides is 1. The Balaban J connectivity index is 1.70. The average molecular weight is 258 g/mol. The summed E-state index contributed by atoms with van der Waals surface area (Å²) in [6.45, 7) is 1.96. The Bertz CT molecular complexity index is 611. The van der Waals surface area contributed by atoms with Crippen molar-refractivity contribution in [2.45, 2.75) is 32.2 Å². The quantitative estimate of drug-likeness (QED) is 0.854. The van der Waals surface area contributed by atoms with E-state index in [2.05, 4.69) is 15.5 Å². The number of H-pyrrole nitrogens is 1. The summed E-state index contributed by atoms with van der Waals surface area (Å²) < 4.78 is 1.96. The molecule has 0 fully saturated rings. The van der Waals surface area contributed by atoms with Gasteiger partial charge in [0.05, 0.1) is 11.8 Å². The Morgan fingerprint density at radius 1 is 1.58 bits per heavy atom. The van der Waals surface area contributed by atoms with Crippen molar-refractivity contribution < 1.29 is 4.79 Å². The molecule has 0 saturated heterocycles. The first-order valence-corrected chi connectivity index (χ1v) is 6.59. The third-order valence-electron chi connectivity index (χ3n) is 3.98. The van der Waals surface area contributed by atoms with Gasteiger partial charge in [0, 0.05) is 30.7 Å². The maximum absolute atomic E-state index is 12.2. The molecule has 0 radical (unpaired) electrons. The lowest BCUT2D eigenvalue weighted by molar-refractivity contribution is 0.0933. The summed E-state index contributed by atoms with van der Waals surface area (Å²) in [5, 5.41) is 10.2. The second-order valence-electron chi connectivity index (χ2n) is 5.21. The van der Waals surface area contributed by atoms with Crippen molar-refractivity contribution in [3.63, 3.8) is 0 Å². The van der Waals surface area contributed by atoms with Gasteiger partial charge in [-0.25, -0.2) is 0 Å². The van der Waals surface area contributed by atoms with Crippen molar-refractivity contribution in [2.75, 3.05) is 0 Å². The average Bonchev–Trinajstić information content (AvgIpc) is 2.97. The first kappa shape index (κ1) is 12.0. The summed E-state index contributed by atoms with van der Waals surface area (Å²) in [5.74, 6) is 0.0232. The van der Waals surface area contributed by atoms with Crippen molar-refractivity contribution in [3.05, 3.63) is 41.0 Å². The topological polar surface area (TPSA) is 62.7 Å². The van der Waals surface area contributed by atoms with E-state index in [0.717, 1.165) is 30.5 Å². The van der Waals surface area contributed by atoms with E-state index in [1.54, 1.807) is 0 Å². The first-order valence-electron chi connectivity index (χ1n) is 6.59. The zero-order valence-electron chi connectivity index (χ0n) is 11.2. The lowest BCUT2D eigenvalue weighted by Gasteiger charge is -2.22. The number of aromatic amines is 1. The monoisotopic (exact) mass is 258 g/mol. The van der Waals surface area contributed by atoms with Crippen LogP contribution in [0, 0.1) is 6.92 Å². The predicted molar refractivity (Wildman–Crippen MR) is 72.0 cm³/mol. The molecule has 1 aliphatic carbocycles. The molecule has 1 aliphatic rings. The maximum atomic E-state index is 12.2. The van der Waals surface area contributed by atoms with Gasteiger partial charge in [0.15, 0.2) is 0 Å². The molecule has 1 amide bonds. The molecular formula is C14H18N4O. The summed E-state index contributed by atoms with van der Waals surface area (Å²) in [6, 6.07) is 2.08. The van der Waals surface area contributed by atoms with Gasteiger partial charge >= 0.3 is 0 Å². The largest absolute Gasteiger partial charge is 0.354 e. The zero-order valence-corrected chi connectivity index (χ0v) is 11.2. The molecule has 5 heteroatoms. The fourth-order valence-electron chi connectivity index (χ4n) is 2.65. The number of carbonyl (C=O) groups excluding carboxylic acids is 1. The van der Waals surface area contributed by atoms with Crippen LogP contribution in [0.1, 0.15) is 33.7 Å². The Kier molecular flexibility index (Phi) is 2.89. The number of aromatic nitrogens is 3. The highest BCUT2D eigenvalue weighted by Crippen LogP contribution is 2.19. The minimum atomic E-state index is 0.0232. The number of hydrogen-bond donors (Lipinski definition) is 2. The molecule has 0 spiro atoms. The van der Waals surface area contributed by atoms with Crippen LogP contribution < -0.4 is 5.32 Å². The van der Waals surface area contributed by atoms with Crippen molar-refractivity contribution in [2.24, 2.45) is 7.05 Å². The molecule has 0 aromatic carbocycles. The van der Waals surface area contributed by atoms with E-state index in [-0.39, 0.29) is 11.9 Å². The van der Waals surface area contributed by atoms with Gasteiger partial charge in [0.25, 0.3) is 5.91 Å². The molecule has 3 rings (SSSR count). The van der Waals surface area contributed by atoms with E-state index >= 15 is 0 Å². The van der Waals surface area contributed by atoms with Crippen LogP contribution in [0.25, 0.3) is 0 Å². The number of rotatable bonds is 2. The lowest BCUT2D eigenvalue weighted by atomic mass is 9.93. The predicted octanol–water partition coefficient (Wildman–Crippen LogP) is 1.34. The Labute approximate surface area is 112 Å². The molecule has 2 aromatic heterocycles. The van der Waals surface area contributed by atoms with Gasteiger partial charge in [-0.05, 0) is 37.8 Å². The third-order valence-corrected chi connectivity index (χ3v) is 3.98. The highest BCUT2D eigenvalue weighted by Gasteiger charge is 2.22. The molecule has 100 valence electrons. The standard InChI is InChI=1S/C14H18N4O/c1-9-12(5-6-18(9)2)14(19)16-11-3-4-13-10(7-11)8-15-17-13/h5-6,8,11H,3-4,7H2,1-2H3,(H,15,17)(H,16,19). The molecule has 1 atom stereocenters. The Morgan fingerprint density at radius 3 is 3.16 bits per heavy atom. The molecule has 2 aromatic rings. The Hall–Kier alpha value is -2.04. The van der Waals surface area contributed by atoms with E-state index in [4.69, 9.17) is 0 Å². The van der Waals surface area contributed by atoms with E-state index in [1.807, 2.05) is 37.0 Å². The smallest absolute Gasteiger partial charge is 0.253 e. The van der Waals surface area contributed by atoms with Gasteiger partial charge in [0.1, 0.15) is 0 Å². The van der Waals surface area contributed by atoms with Gasteiger partial charge < -0.3 is 9.88 Å². The van der Waals surface area contributed by atoms with Crippen molar-refractivity contribution >= 4 is 5.91 Å². The minimum Gasteiger partial charge on any atom is -0.354 e. The third kappa shape index (κ3) is 2.16. The van der Waals surface area contributed by atoms with Crippen LogP contribution in [0.2, 0.25) is 0 Å². The second-order valence-corrected chi connectivity index (χ2v) is 5.21. The molecule has 1 unspecified atom stereocenters. The molecule has 19 heavy (non-hydrogen) atoms. The van der Waals surface area contributed by atoms with Crippen molar-refractivity contribution in [3.8, 4) is 0 Å². The summed E-state index contributed by atoms with van der Waals surface area (Å²) in [6.07, 6.45) is 6.56. The fourth-order valence-corrected chi connectivity index (χ4v) is 2.65. The van der Waals surface area contributed by atoms with Gasteiger partial charge in [-0.15, -0.1) is 0 Å². The highest BCUT2D eigenvalue weighted by molar-refractivity contribution is 5.95. The van der Waals surface area contributed by atoms with Crippen LogP contribution in [-0.2, 0) is 19.9 Å². The number of nitrogens with one attached hydrogen (secondary N) is 2. The number of fused-ring (bicyclic) bond motifs is 1. The van der Waals surface area contributed by atoms with Crippen LogP contribution in [0.15, 0.2) is 18.5 Å². The molecule has 2 heterocycles. The Morgan fingerprint density at radius 2 is 2.42 bits per heavy atom. The molecule has 0 bridgehead atoms. The van der Waals surface area contributed by atoms with Crippen LogP contribution in [0.5, 0.6) is 0 Å². The van der Waals surface area contributed by atoms with Crippen LogP contribution in [0.3, 0.4) is 0 Å². The molecule has 5 nitrogen and oxygen atoms in total. The zero-order chi connectivity index (χ0) is 13.4. The molecule has 2 N–H and O–H groups in total. The van der Waals surface area contributed by atoms with Gasteiger partial charge in [-0.2, -0.15) is 5.10 Å². The minimum absolute atomic E-state index is 0.0232. The SMILES string of the molecule is Cc1c(C(=O)NC2CCc3[nH]ncc3C2)ccn1C. The van der Waals surface area contributed by atoms with Crippen LogP contribution >= 0.6 is 0 Å². The van der Waals surface area contributed by atoms with E-state index < -0.39 is 0 Å². The van der Waals surface area contributed by atoms with Crippen LogP contribution in [-0.4, -0.2) is 26.7 Å². The molecule has 0 aliphatic heterocycles. The second kappa shape index (κ2) is 4.57. The number of aryl methyl sites for hydroxylation is 2. The highest BCUT2D eigenvalue weighted by atomic mass is 16.1. The maximum Gasteiger partial charge on any atom is 0.253 e. The number of hydrogen-bond acceptors (Lipinski definition) is 2. The summed E-state index contributed by atoms with van der Waals surface area (Å²) in [5.41, 5.74) is 4.19. The van der Waals surface area contributed by atoms with Gasteiger partial charge in [-0.3, -0.25) is 9.89 Å². The fraction of sp³-hybridized carbons (Fsp3) is 0.429. The van der Waals surface area contributed by atoms with Crippen molar-refractivity contribution in [1.29, 1.82) is 0 Å². The van der Waals surface area contributed by atoms with E-state index in [9.17, 15) is 4.79 Å². The lowest BCUT2D eigenvalue weighted by Crippen LogP contribution is -2.38. The first-order chi connectivity index (χ1) is 9.15. The van der Waals surface area contributed by atoms with Gasteiger partial charge in [-0.1, -0.05) is 0 Å². The summed E-state index contributed by atoms with van der Waals surface area (Å²) >= 11 is 0. The van der Waals surface area contributed by atoms with Crippen molar-refractivity contribution in [1.82, 2.24) is 20.1 Å². The summed E-state index contributed by atoms with van der Waals surface area (Å²) in [7, 11) is 1.95. The van der Waals surface area contributed by atoms with E-state index in [1.165, 1.54) is 11.3 Å². The molecule has 0 saturated carbocycles. The summed E-state index contributed by atoms with van der Waals surface area (Å²) in [4.78, 5) is 12.2. The number of carbonyl (C=O) groups is 1. The van der Waals surface area contributed by atoms with Gasteiger partial charge in [0.2, 0.25) is 0 Å². The van der Waals surface area contributed by atoms with E-state index in [0.29, 0.717) is 0 Å².